The number of carbonyl (C=O) groups excluding carboxylic acids is 1. The monoisotopic (exact) mass is 183 g/mol. The Morgan fingerprint density at radius 2 is 2.38 bits per heavy atom. The number of rotatable bonds is 2. The highest BCUT2D eigenvalue weighted by Crippen LogP contribution is 2.57. The molecule has 0 N–H and O–H groups in total. The normalized spacial score (nSPS) is 33.0. The van der Waals surface area contributed by atoms with Gasteiger partial charge < -0.3 is 9.57 Å². The van der Waals surface area contributed by atoms with E-state index in [1.54, 1.807) is 6.92 Å². The summed E-state index contributed by atoms with van der Waals surface area (Å²) in [6.07, 6.45) is 0.0897. The van der Waals surface area contributed by atoms with Gasteiger partial charge >= 0.3 is 5.97 Å². The predicted molar refractivity (Wildman–Crippen MR) is 46.2 cm³/mol. The van der Waals surface area contributed by atoms with E-state index in [1.807, 2.05) is 0 Å². The third-order valence-corrected chi connectivity index (χ3v) is 2.77. The third kappa shape index (κ3) is 1.04. The molecule has 13 heavy (non-hydrogen) atoms. The molecule has 0 amide bonds. The molecule has 0 spiro atoms. The minimum Gasteiger partial charge on any atom is -0.461 e. The topological polar surface area (TPSA) is 47.9 Å². The van der Waals surface area contributed by atoms with Crippen molar-refractivity contribution in [2.24, 2.45) is 16.5 Å². The summed E-state index contributed by atoms with van der Waals surface area (Å²) in [5, 5.41) is 3.72. The zero-order chi connectivity index (χ0) is 9.64. The maximum atomic E-state index is 11.3. The number of esters is 1. The van der Waals surface area contributed by atoms with Crippen LogP contribution in [-0.4, -0.2) is 24.4 Å². The van der Waals surface area contributed by atoms with E-state index < -0.39 is 0 Å². The van der Waals surface area contributed by atoms with Crippen LogP contribution in [0.2, 0.25) is 0 Å². The number of ether oxygens (including phenoxy) is 1. The Hall–Kier alpha value is -1.06. The Morgan fingerprint density at radius 3 is 2.85 bits per heavy atom. The van der Waals surface area contributed by atoms with Crippen LogP contribution in [0.4, 0.5) is 0 Å². The van der Waals surface area contributed by atoms with Crippen LogP contribution in [0.1, 0.15) is 20.8 Å². The quantitative estimate of drug-likeness (QED) is 0.599. The van der Waals surface area contributed by atoms with Crippen LogP contribution in [0, 0.1) is 11.3 Å². The zero-order valence-electron chi connectivity index (χ0n) is 8.03. The Kier molecular flexibility index (Phi) is 1.62. The fraction of sp³-hybridized carbons (Fsp3) is 0.778. The summed E-state index contributed by atoms with van der Waals surface area (Å²) in [6.45, 7) is 6.30. The summed E-state index contributed by atoms with van der Waals surface area (Å²) in [7, 11) is 0. The van der Waals surface area contributed by atoms with Gasteiger partial charge in [-0.2, -0.15) is 0 Å². The molecule has 1 fully saturated rings. The summed E-state index contributed by atoms with van der Waals surface area (Å²) in [5.74, 6) is -0.188. The fourth-order valence-corrected chi connectivity index (χ4v) is 1.82. The molecule has 0 unspecified atom stereocenters. The van der Waals surface area contributed by atoms with Gasteiger partial charge in [0.1, 0.15) is 6.10 Å². The van der Waals surface area contributed by atoms with Crippen molar-refractivity contribution in [3.63, 3.8) is 0 Å². The Labute approximate surface area is 76.9 Å². The molecule has 72 valence electrons. The predicted octanol–water partition coefficient (Wildman–Crippen LogP) is 0.960. The lowest BCUT2D eigenvalue weighted by Crippen LogP contribution is -2.20. The molecule has 0 aromatic rings. The maximum absolute atomic E-state index is 11.3. The number of fused-ring (bicyclic) bond motifs is 1. The molecular formula is C9H13NO3. The van der Waals surface area contributed by atoms with Gasteiger partial charge in [0, 0.05) is 5.41 Å². The highest BCUT2D eigenvalue weighted by molar-refractivity contribution is 6.38. The molecule has 1 saturated carbocycles. The molecule has 1 heterocycles. The number of nitrogens with zero attached hydrogens (tertiary/aromatic N) is 1. The first-order valence-corrected chi connectivity index (χ1v) is 4.50. The van der Waals surface area contributed by atoms with E-state index in [9.17, 15) is 4.79 Å². The molecule has 2 rings (SSSR count). The Balaban J connectivity index is 2.07. The van der Waals surface area contributed by atoms with Gasteiger partial charge in [0.05, 0.1) is 12.5 Å². The standard InChI is InChI=1S/C9H13NO3/c1-4-12-8(11)6-5-7(13-10-6)9(5,2)3/h5,7H,4H2,1-3H3/t5-,7+/m1/s1. The molecule has 4 heteroatoms. The van der Waals surface area contributed by atoms with Gasteiger partial charge in [0.25, 0.3) is 0 Å². The molecule has 4 nitrogen and oxygen atoms in total. The van der Waals surface area contributed by atoms with Gasteiger partial charge in [0.2, 0.25) is 0 Å². The van der Waals surface area contributed by atoms with Crippen LogP contribution >= 0.6 is 0 Å². The lowest BCUT2D eigenvalue weighted by Gasteiger charge is -2.06. The zero-order valence-corrected chi connectivity index (χ0v) is 8.03. The number of hydrogen-bond donors (Lipinski definition) is 0. The first-order valence-electron chi connectivity index (χ1n) is 4.50. The van der Waals surface area contributed by atoms with Crippen molar-refractivity contribution in [1.29, 1.82) is 0 Å². The minimum atomic E-state index is -0.333. The van der Waals surface area contributed by atoms with Crippen molar-refractivity contribution in [1.82, 2.24) is 0 Å². The number of hydrogen-bond acceptors (Lipinski definition) is 4. The van der Waals surface area contributed by atoms with Crippen LogP contribution in [0.3, 0.4) is 0 Å². The molecule has 0 radical (unpaired) electrons. The molecule has 0 aromatic carbocycles. The molecule has 2 atom stereocenters. The van der Waals surface area contributed by atoms with E-state index in [0.717, 1.165) is 0 Å². The fourth-order valence-electron chi connectivity index (χ4n) is 1.82. The molecule has 1 aliphatic heterocycles. The minimum absolute atomic E-state index is 0.0594. The van der Waals surface area contributed by atoms with E-state index in [-0.39, 0.29) is 23.4 Å². The Morgan fingerprint density at radius 1 is 1.69 bits per heavy atom. The largest absolute Gasteiger partial charge is 0.461 e. The summed E-state index contributed by atoms with van der Waals surface area (Å²) >= 11 is 0. The van der Waals surface area contributed by atoms with Gasteiger partial charge in [-0.25, -0.2) is 4.79 Å². The van der Waals surface area contributed by atoms with Crippen LogP contribution in [0.15, 0.2) is 5.16 Å². The van der Waals surface area contributed by atoms with Crippen molar-refractivity contribution >= 4 is 11.7 Å². The SMILES string of the molecule is CCOC(=O)C1=NO[C@H]2[C@@H]1C2(C)C. The van der Waals surface area contributed by atoms with E-state index in [0.29, 0.717) is 12.3 Å². The highest BCUT2D eigenvalue weighted by Gasteiger charge is 2.68. The van der Waals surface area contributed by atoms with Gasteiger partial charge in [-0.3, -0.25) is 0 Å². The van der Waals surface area contributed by atoms with Crippen molar-refractivity contribution in [3.05, 3.63) is 0 Å². The second-order valence-electron chi connectivity index (χ2n) is 4.02. The summed E-state index contributed by atoms with van der Waals surface area (Å²) in [4.78, 5) is 16.4. The van der Waals surface area contributed by atoms with Crippen molar-refractivity contribution in [2.45, 2.75) is 26.9 Å². The van der Waals surface area contributed by atoms with Crippen molar-refractivity contribution in [2.75, 3.05) is 6.61 Å². The van der Waals surface area contributed by atoms with Crippen molar-refractivity contribution in [3.8, 4) is 0 Å². The van der Waals surface area contributed by atoms with E-state index >= 15 is 0 Å². The number of oxime groups is 1. The Bertz CT molecular complexity index is 283. The number of carbonyl (C=O) groups is 1. The van der Waals surface area contributed by atoms with Gasteiger partial charge in [0.15, 0.2) is 5.71 Å². The van der Waals surface area contributed by atoms with Crippen molar-refractivity contribution < 1.29 is 14.4 Å². The van der Waals surface area contributed by atoms with Crippen LogP contribution in [-0.2, 0) is 14.4 Å². The van der Waals surface area contributed by atoms with E-state index in [4.69, 9.17) is 9.57 Å². The van der Waals surface area contributed by atoms with Gasteiger partial charge in [-0.05, 0) is 6.92 Å². The van der Waals surface area contributed by atoms with Gasteiger partial charge in [-0.1, -0.05) is 19.0 Å². The van der Waals surface area contributed by atoms with E-state index in [2.05, 4.69) is 19.0 Å². The highest BCUT2D eigenvalue weighted by atomic mass is 16.7. The van der Waals surface area contributed by atoms with Crippen LogP contribution in [0.25, 0.3) is 0 Å². The lowest BCUT2D eigenvalue weighted by atomic mass is 10.1. The molecule has 2 aliphatic rings. The average molecular weight is 183 g/mol. The second kappa shape index (κ2) is 2.47. The van der Waals surface area contributed by atoms with E-state index in [1.165, 1.54) is 0 Å². The molecular weight excluding hydrogens is 170 g/mol. The molecule has 1 aliphatic carbocycles. The lowest BCUT2D eigenvalue weighted by molar-refractivity contribution is -0.135. The van der Waals surface area contributed by atoms with Crippen LogP contribution in [0.5, 0.6) is 0 Å². The summed E-state index contributed by atoms with van der Waals surface area (Å²) in [5.41, 5.74) is 0.515. The summed E-state index contributed by atoms with van der Waals surface area (Å²) in [6, 6.07) is 0. The maximum Gasteiger partial charge on any atom is 0.356 e. The third-order valence-electron chi connectivity index (χ3n) is 2.77. The summed E-state index contributed by atoms with van der Waals surface area (Å²) < 4.78 is 4.87. The van der Waals surface area contributed by atoms with Crippen LogP contribution < -0.4 is 0 Å². The van der Waals surface area contributed by atoms with Gasteiger partial charge in [-0.15, -0.1) is 0 Å². The first-order chi connectivity index (χ1) is 6.09. The molecule has 0 saturated heterocycles. The molecule has 0 bridgehead atoms. The molecule has 0 aromatic heterocycles. The average Bonchev–Trinajstić information content (AvgIpc) is 2.51. The smallest absolute Gasteiger partial charge is 0.356 e. The first kappa shape index (κ1) is 8.53. The second-order valence-corrected chi connectivity index (χ2v) is 4.02.